The van der Waals surface area contributed by atoms with Crippen LogP contribution in [-0.4, -0.2) is 54.9 Å². The van der Waals surface area contributed by atoms with Gasteiger partial charge in [0, 0.05) is 19.0 Å². The van der Waals surface area contributed by atoms with E-state index in [1.54, 1.807) is 25.1 Å². The Hall–Kier alpha value is -3.43. The molecule has 2 heterocycles. The number of rotatable bonds is 7. The van der Waals surface area contributed by atoms with Crippen LogP contribution in [0.25, 0.3) is 11.5 Å². The van der Waals surface area contributed by atoms with Crippen molar-refractivity contribution in [1.82, 2.24) is 15.5 Å². The maximum atomic E-state index is 12.6. The summed E-state index contributed by atoms with van der Waals surface area (Å²) in [6, 6.07) is 5.23. The number of carbonyl (C=O) groups excluding carboxylic acids is 3. The lowest BCUT2D eigenvalue weighted by Crippen LogP contribution is -2.62. The van der Waals surface area contributed by atoms with E-state index in [9.17, 15) is 14.4 Å². The van der Waals surface area contributed by atoms with Gasteiger partial charge in [-0.3, -0.25) is 4.79 Å². The number of hydrogen-bond donors (Lipinski definition) is 1. The smallest absolute Gasteiger partial charge is 0.343 e. The molecule has 150 valence electrons. The van der Waals surface area contributed by atoms with Crippen LogP contribution in [-0.2, 0) is 30.3 Å². The third-order valence-electron chi connectivity index (χ3n) is 3.97. The molecule has 0 atom stereocenters. The SMILES string of the molecule is COC(=O)C(Cc1c(OC)noc1-c1cccc(C)n1)(NC(C)=O)C(=O)OC. The Morgan fingerprint density at radius 3 is 2.29 bits per heavy atom. The van der Waals surface area contributed by atoms with Crippen molar-refractivity contribution in [2.24, 2.45) is 0 Å². The standard InChI is InChI=1S/C18H21N3O7/c1-10-7-6-8-13(19-10)14-12(15(25-3)21-28-14)9-18(16(23)26-4,17(24)27-5)20-11(2)22/h6-8H,9H2,1-5H3,(H,20,22). The predicted molar refractivity (Wildman–Crippen MR) is 95.3 cm³/mol. The zero-order valence-corrected chi connectivity index (χ0v) is 16.2. The number of ether oxygens (including phenoxy) is 3. The molecule has 0 saturated heterocycles. The molecule has 1 amide bonds. The molecule has 2 aromatic rings. The van der Waals surface area contributed by atoms with Crippen molar-refractivity contribution in [1.29, 1.82) is 0 Å². The molecule has 2 rings (SSSR count). The number of nitrogens with one attached hydrogen (secondary N) is 1. The van der Waals surface area contributed by atoms with Gasteiger partial charge in [0.2, 0.25) is 11.4 Å². The third-order valence-corrected chi connectivity index (χ3v) is 3.97. The zero-order chi connectivity index (χ0) is 20.9. The molecule has 0 bridgehead atoms. The maximum absolute atomic E-state index is 12.6. The van der Waals surface area contributed by atoms with Crippen molar-refractivity contribution in [3.05, 3.63) is 29.5 Å². The minimum Gasteiger partial charge on any atom is -0.479 e. The average molecular weight is 391 g/mol. The third kappa shape index (κ3) is 3.95. The van der Waals surface area contributed by atoms with Crippen LogP contribution in [0.5, 0.6) is 5.88 Å². The summed E-state index contributed by atoms with van der Waals surface area (Å²) in [5.74, 6) is -2.45. The highest BCUT2D eigenvalue weighted by Gasteiger charge is 2.51. The highest BCUT2D eigenvalue weighted by Crippen LogP contribution is 2.33. The average Bonchev–Trinajstić information content (AvgIpc) is 3.07. The van der Waals surface area contributed by atoms with E-state index in [1.165, 1.54) is 7.11 Å². The van der Waals surface area contributed by atoms with Gasteiger partial charge >= 0.3 is 11.9 Å². The molecule has 1 N–H and O–H groups in total. The molecule has 0 unspecified atom stereocenters. The fourth-order valence-corrected chi connectivity index (χ4v) is 2.77. The second kappa shape index (κ2) is 8.51. The van der Waals surface area contributed by atoms with E-state index in [0.29, 0.717) is 11.4 Å². The normalized spacial score (nSPS) is 10.9. The van der Waals surface area contributed by atoms with Gasteiger partial charge in [0.25, 0.3) is 5.88 Å². The lowest BCUT2D eigenvalue weighted by molar-refractivity contribution is -0.165. The lowest BCUT2D eigenvalue weighted by atomic mass is 9.89. The minimum absolute atomic E-state index is 0.0286. The van der Waals surface area contributed by atoms with Crippen LogP contribution in [0.15, 0.2) is 22.7 Å². The van der Waals surface area contributed by atoms with Crippen LogP contribution >= 0.6 is 0 Å². The van der Waals surface area contributed by atoms with Crippen molar-refractivity contribution in [3.63, 3.8) is 0 Å². The first-order valence-corrected chi connectivity index (χ1v) is 8.21. The van der Waals surface area contributed by atoms with Gasteiger partial charge in [0.15, 0.2) is 5.76 Å². The first kappa shape index (κ1) is 20.9. The maximum Gasteiger partial charge on any atom is 0.343 e. The highest BCUT2D eigenvalue weighted by atomic mass is 16.6. The van der Waals surface area contributed by atoms with Crippen molar-refractivity contribution in [2.75, 3.05) is 21.3 Å². The largest absolute Gasteiger partial charge is 0.479 e. The van der Waals surface area contributed by atoms with Crippen LogP contribution in [0, 0.1) is 6.92 Å². The Balaban J connectivity index is 2.66. The van der Waals surface area contributed by atoms with Crippen LogP contribution in [0.3, 0.4) is 0 Å². The predicted octanol–water partition coefficient (Wildman–Crippen LogP) is 0.817. The Morgan fingerprint density at radius 1 is 1.14 bits per heavy atom. The fourth-order valence-electron chi connectivity index (χ4n) is 2.77. The Kier molecular flexibility index (Phi) is 6.34. The Bertz CT molecular complexity index is 875. The summed E-state index contributed by atoms with van der Waals surface area (Å²) < 4.78 is 20.1. The number of pyridine rings is 1. The molecule has 0 fully saturated rings. The summed E-state index contributed by atoms with van der Waals surface area (Å²) in [6.07, 6.45) is -0.385. The van der Waals surface area contributed by atoms with Gasteiger partial charge in [-0.05, 0) is 24.2 Å². The molecule has 0 aliphatic rings. The second-order valence-electron chi connectivity index (χ2n) is 5.91. The summed E-state index contributed by atoms with van der Waals surface area (Å²) in [5.41, 5.74) is -0.789. The number of hydrogen-bond acceptors (Lipinski definition) is 9. The van der Waals surface area contributed by atoms with Gasteiger partial charge in [0.05, 0.1) is 26.9 Å². The lowest BCUT2D eigenvalue weighted by Gasteiger charge is -2.28. The molecule has 0 aliphatic carbocycles. The zero-order valence-electron chi connectivity index (χ0n) is 16.2. The Labute approximate surface area is 161 Å². The van der Waals surface area contributed by atoms with Gasteiger partial charge in [0.1, 0.15) is 5.69 Å². The van der Waals surface area contributed by atoms with E-state index in [2.05, 4.69) is 15.5 Å². The number of nitrogens with zero attached hydrogens (tertiary/aromatic N) is 2. The number of esters is 2. The second-order valence-corrected chi connectivity index (χ2v) is 5.91. The van der Waals surface area contributed by atoms with Crippen molar-refractivity contribution < 1.29 is 33.1 Å². The van der Waals surface area contributed by atoms with E-state index >= 15 is 0 Å². The molecule has 10 nitrogen and oxygen atoms in total. The van der Waals surface area contributed by atoms with E-state index in [-0.39, 0.29) is 23.6 Å². The van der Waals surface area contributed by atoms with E-state index in [0.717, 1.165) is 21.1 Å². The molecule has 0 radical (unpaired) electrons. The number of aromatic nitrogens is 2. The first-order chi connectivity index (χ1) is 13.3. The summed E-state index contributed by atoms with van der Waals surface area (Å²) in [4.78, 5) is 41.2. The molecule has 0 spiro atoms. The minimum atomic E-state index is -2.16. The van der Waals surface area contributed by atoms with Gasteiger partial charge in [-0.15, -0.1) is 0 Å². The molecular weight excluding hydrogens is 370 g/mol. The molecule has 2 aromatic heterocycles. The molecule has 10 heteroatoms. The summed E-state index contributed by atoms with van der Waals surface area (Å²) >= 11 is 0. The first-order valence-electron chi connectivity index (χ1n) is 8.21. The van der Waals surface area contributed by atoms with E-state index in [1.807, 2.05) is 0 Å². The monoisotopic (exact) mass is 391 g/mol. The number of amides is 1. The summed E-state index contributed by atoms with van der Waals surface area (Å²) in [7, 11) is 3.54. The number of aryl methyl sites for hydroxylation is 1. The van der Waals surface area contributed by atoms with Gasteiger partial charge in [-0.1, -0.05) is 6.07 Å². The van der Waals surface area contributed by atoms with Crippen molar-refractivity contribution in [2.45, 2.75) is 25.8 Å². The quantitative estimate of drug-likeness (QED) is 0.538. The van der Waals surface area contributed by atoms with Gasteiger partial charge in [-0.2, -0.15) is 0 Å². The van der Waals surface area contributed by atoms with Gasteiger partial charge in [-0.25, -0.2) is 14.6 Å². The van der Waals surface area contributed by atoms with Crippen molar-refractivity contribution in [3.8, 4) is 17.3 Å². The Morgan fingerprint density at radius 2 is 1.79 bits per heavy atom. The van der Waals surface area contributed by atoms with E-state index < -0.39 is 23.4 Å². The van der Waals surface area contributed by atoms with Crippen LogP contribution in [0.4, 0.5) is 0 Å². The molecule has 0 aromatic carbocycles. The highest BCUT2D eigenvalue weighted by molar-refractivity contribution is 6.08. The molecular formula is C18H21N3O7. The number of methoxy groups -OCH3 is 3. The van der Waals surface area contributed by atoms with Crippen LogP contribution < -0.4 is 10.1 Å². The van der Waals surface area contributed by atoms with Crippen LogP contribution in [0.2, 0.25) is 0 Å². The molecule has 0 saturated carbocycles. The fraction of sp³-hybridized carbons (Fsp3) is 0.389. The topological polar surface area (TPSA) is 130 Å². The molecule has 28 heavy (non-hydrogen) atoms. The number of carbonyl (C=O) groups is 3. The van der Waals surface area contributed by atoms with Gasteiger partial charge < -0.3 is 24.1 Å². The van der Waals surface area contributed by atoms with E-state index in [4.69, 9.17) is 18.7 Å². The summed E-state index contributed by atoms with van der Waals surface area (Å²) in [6.45, 7) is 2.95. The van der Waals surface area contributed by atoms with Crippen molar-refractivity contribution >= 4 is 17.8 Å². The summed E-state index contributed by atoms with van der Waals surface area (Å²) in [5, 5.41) is 6.16. The van der Waals surface area contributed by atoms with Crippen LogP contribution in [0.1, 0.15) is 18.2 Å². The molecule has 0 aliphatic heterocycles.